The molecule has 1 aliphatic rings. The minimum Gasteiger partial charge on any atom is -0.352 e. The summed E-state index contributed by atoms with van der Waals surface area (Å²) in [5.74, 6) is -2.13. The van der Waals surface area contributed by atoms with Gasteiger partial charge in [0.25, 0.3) is 0 Å². The van der Waals surface area contributed by atoms with E-state index >= 15 is 0 Å². The predicted octanol–water partition coefficient (Wildman–Crippen LogP) is 5.99. The lowest BCUT2D eigenvalue weighted by atomic mass is 9.93. The molecular weight excluding hydrogens is 424 g/mol. The maximum absolute atomic E-state index is 14.9. The van der Waals surface area contributed by atoms with Crippen molar-refractivity contribution in [2.24, 2.45) is 0 Å². The molecular formula is C27H26BF3O2. The minimum absolute atomic E-state index is 0.162. The normalized spacial score (nSPS) is 18.3. The largest absolute Gasteiger partial charge is 0.352 e. The smallest absolute Gasteiger partial charge is 0.166 e. The van der Waals surface area contributed by atoms with E-state index in [1.54, 1.807) is 50.3 Å². The quantitative estimate of drug-likeness (QED) is 0.325. The maximum Gasteiger partial charge on any atom is 0.166 e. The van der Waals surface area contributed by atoms with Crippen molar-refractivity contribution in [2.75, 3.05) is 13.2 Å². The highest BCUT2D eigenvalue weighted by Gasteiger charge is 2.25. The molecule has 0 radical (unpaired) electrons. The summed E-state index contributed by atoms with van der Waals surface area (Å²) in [6.07, 6.45) is 3.53. The van der Waals surface area contributed by atoms with Crippen LogP contribution in [-0.2, 0) is 15.8 Å². The maximum atomic E-state index is 14.9. The monoisotopic (exact) mass is 450 g/mol. The standard InChI is InChI=1S/C27H26BF3O2/c1-2-3-4-25-32-15-21(16-33-25)22-11-9-19(13-24(22)29)17-5-7-18(8-6-17)23-12-10-20(14-28)26(30)27(23)31/h2,5-13,21,25H,1,3-4,14-16,28H2. The number of hydrogen-bond donors (Lipinski definition) is 0. The second-order valence-electron chi connectivity index (χ2n) is 8.23. The van der Waals surface area contributed by atoms with Gasteiger partial charge in [-0.15, -0.1) is 6.58 Å². The molecule has 0 saturated carbocycles. The van der Waals surface area contributed by atoms with Crippen LogP contribution < -0.4 is 0 Å². The van der Waals surface area contributed by atoms with Gasteiger partial charge in [-0.2, -0.15) is 0 Å². The third-order valence-corrected chi connectivity index (χ3v) is 6.09. The highest BCUT2D eigenvalue weighted by molar-refractivity contribution is 6.08. The van der Waals surface area contributed by atoms with Gasteiger partial charge in [-0.05, 0) is 40.3 Å². The summed E-state index contributed by atoms with van der Waals surface area (Å²) in [6, 6.07) is 15.3. The summed E-state index contributed by atoms with van der Waals surface area (Å²) in [7, 11) is 1.78. The lowest BCUT2D eigenvalue weighted by molar-refractivity contribution is -0.189. The summed E-state index contributed by atoms with van der Waals surface area (Å²) < 4.78 is 55.0. The first kappa shape index (κ1) is 23.3. The first-order valence-corrected chi connectivity index (χ1v) is 11.2. The van der Waals surface area contributed by atoms with Gasteiger partial charge in [0.1, 0.15) is 13.7 Å². The van der Waals surface area contributed by atoms with Crippen molar-refractivity contribution >= 4 is 7.85 Å². The highest BCUT2D eigenvalue weighted by Crippen LogP contribution is 2.32. The first-order chi connectivity index (χ1) is 16.0. The van der Waals surface area contributed by atoms with Gasteiger partial charge in [-0.1, -0.05) is 60.9 Å². The Hall–Kier alpha value is -2.83. The molecule has 0 unspecified atom stereocenters. The van der Waals surface area contributed by atoms with Crippen molar-refractivity contribution in [3.63, 3.8) is 0 Å². The van der Waals surface area contributed by atoms with Crippen molar-refractivity contribution in [3.05, 3.63) is 95.8 Å². The van der Waals surface area contributed by atoms with Crippen LogP contribution in [0.5, 0.6) is 0 Å². The first-order valence-electron chi connectivity index (χ1n) is 11.2. The van der Waals surface area contributed by atoms with Crippen LogP contribution in [0.2, 0.25) is 0 Å². The van der Waals surface area contributed by atoms with Crippen LogP contribution >= 0.6 is 0 Å². The van der Waals surface area contributed by atoms with Crippen LogP contribution in [0.4, 0.5) is 13.2 Å². The van der Waals surface area contributed by atoms with Gasteiger partial charge in [0, 0.05) is 17.9 Å². The number of hydrogen-bond acceptors (Lipinski definition) is 2. The molecule has 1 heterocycles. The number of rotatable bonds is 7. The average molecular weight is 450 g/mol. The van der Waals surface area contributed by atoms with E-state index < -0.39 is 11.6 Å². The number of ether oxygens (including phenoxy) is 2. The molecule has 1 saturated heterocycles. The van der Waals surface area contributed by atoms with Gasteiger partial charge in [0.05, 0.1) is 13.2 Å². The molecule has 3 aromatic rings. The molecule has 170 valence electrons. The molecule has 0 N–H and O–H groups in total. The minimum atomic E-state index is -0.846. The molecule has 0 aromatic heterocycles. The molecule has 0 aliphatic carbocycles. The van der Waals surface area contributed by atoms with E-state index in [1.807, 2.05) is 12.1 Å². The Labute approximate surface area is 193 Å². The number of halogens is 3. The molecule has 0 amide bonds. The van der Waals surface area contributed by atoms with E-state index in [4.69, 9.17) is 9.47 Å². The fourth-order valence-corrected chi connectivity index (χ4v) is 4.11. The van der Waals surface area contributed by atoms with Crippen molar-refractivity contribution in [3.8, 4) is 22.3 Å². The van der Waals surface area contributed by atoms with E-state index in [0.29, 0.717) is 41.8 Å². The third kappa shape index (κ3) is 5.07. The van der Waals surface area contributed by atoms with E-state index in [9.17, 15) is 13.2 Å². The Morgan fingerprint density at radius 1 is 0.879 bits per heavy atom. The van der Waals surface area contributed by atoms with Crippen LogP contribution in [0.15, 0.2) is 67.3 Å². The predicted molar refractivity (Wildman–Crippen MR) is 127 cm³/mol. The molecule has 33 heavy (non-hydrogen) atoms. The van der Waals surface area contributed by atoms with Crippen LogP contribution in [0.25, 0.3) is 22.3 Å². The molecule has 1 aliphatic heterocycles. The molecule has 0 spiro atoms. The third-order valence-electron chi connectivity index (χ3n) is 6.09. The Bertz CT molecular complexity index is 1120. The second-order valence-corrected chi connectivity index (χ2v) is 8.23. The van der Waals surface area contributed by atoms with E-state index in [2.05, 4.69) is 6.58 Å². The van der Waals surface area contributed by atoms with Gasteiger partial charge < -0.3 is 9.47 Å². The summed E-state index contributed by atoms with van der Waals surface area (Å²) >= 11 is 0. The number of benzene rings is 3. The topological polar surface area (TPSA) is 18.5 Å². The van der Waals surface area contributed by atoms with Gasteiger partial charge in [0.2, 0.25) is 0 Å². The fourth-order valence-electron chi connectivity index (χ4n) is 4.11. The van der Waals surface area contributed by atoms with Crippen molar-refractivity contribution in [1.82, 2.24) is 0 Å². The van der Waals surface area contributed by atoms with Gasteiger partial charge in [0.15, 0.2) is 17.9 Å². The Morgan fingerprint density at radius 3 is 2.18 bits per heavy atom. The summed E-state index contributed by atoms with van der Waals surface area (Å²) in [4.78, 5) is 0. The molecule has 0 bridgehead atoms. The van der Waals surface area contributed by atoms with Crippen molar-refractivity contribution < 1.29 is 22.6 Å². The van der Waals surface area contributed by atoms with Gasteiger partial charge in [-0.3, -0.25) is 0 Å². The zero-order chi connectivity index (χ0) is 23.4. The molecule has 3 aromatic carbocycles. The zero-order valence-corrected chi connectivity index (χ0v) is 18.6. The fraction of sp³-hybridized carbons (Fsp3) is 0.259. The van der Waals surface area contributed by atoms with E-state index in [1.165, 1.54) is 6.07 Å². The Kier molecular flexibility index (Phi) is 7.36. The lowest BCUT2D eigenvalue weighted by Gasteiger charge is -2.29. The van der Waals surface area contributed by atoms with Crippen molar-refractivity contribution in [2.45, 2.75) is 31.4 Å². The highest BCUT2D eigenvalue weighted by atomic mass is 19.2. The van der Waals surface area contributed by atoms with Gasteiger partial charge >= 0.3 is 0 Å². The van der Waals surface area contributed by atoms with Crippen molar-refractivity contribution in [1.29, 1.82) is 0 Å². The lowest BCUT2D eigenvalue weighted by Crippen LogP contribution is -2.31. The summed E-state index contributed by atoms with van der Waals surface area (Å²) in [5, 5.41) is 0. The van der Waals surface area contributed by atoms with Crippen LogP contribution in [0, 0.1) is 17.5 Å². The molecule has 2 nitrogen and oxygen atoms in total. The average Bonchev–Trinajstić information content (AvgIpc) is 2.85. The van der Waals surface area contributed by atoms with E-state index in [-0.39, 0.29) is 23.6 Å². The summed E-state index contributed by atoms with van der Waals surface area (Å²) in [5.41, 5.74) is 3.18. The van der Waals surface area contributed by atoms with Gasteiger partial charge in [-0.25, -0.2) is 13.2 Å². The SMILES string of the molecule is BCc1ccc(-c2ccc(-c3ccc(C4COC(CCC=C)OC4)c(F)c3)cc2)c(F)c1F. The zero-order valence-electron chi connectivity index (χ0n) is 18.6. The molecule has 6 heteroatoms. The molecule has 1 fully saturated rings. The van der Waals surface area contributed by atoms with Crippen LogP contribution in [-0.4, -0.2) is 27.4 Å². The molecule has 0 atom stereocenters. The Balaban J connectivity index is 1.49. The van der Waals surface area contributed by atoms with E-state index in [0.717, 1.165) is 18.4 Å². The number of allylic oxidation sites excluding steroid dienone is 1. The van der Waals surface area contributed by atoms with Crippen LogP contribution in [0.1, 0.15) is 29.9 Å². The molecule has 4 rings (SSSR count). The second kappa shape index (κ2) is 10.4. The summed E-state index contributed by atoms with van der Waals surface area (Å²) in [6.45, 7) is 4.51. The van der Waals surface area contributed by atoms with Crippen LogP contribution in [0.3, 0.4) is 0 Å². The Morgan fingerprint density at radius 2 is 1.55 bits per heavy atom.